The normalized spacial score (nSPS) is 11.1. The van der Waals surface area contributed by atoms with Crippen LogP contribution in [0.2, 0.25) is 0 Å². The summed E-state index contributed by atoms with van der Waals surface area (Å²) in [5.41, 5.74) is 4.98. The van der Waals surface area contributed by atoms with E-state index in [4.69, 9.17) is 0 Å². The number of pyridine rings is 1. The zero-order valence-electron chi connectivity index (χ0n) is 16.7. The summed E-state index contributed by atoms with van der Waals surface area (Å²) >= 11 is 0. The smallest absolute Gasteiger partial charge is 0.329 e. The Morgan fingerprint density at radius 1 is 1.06 bits per heavy atom. The topological polar surface area (TPSA) is 84.2 Å². The second-order valence-electron chi connectivity index (χ2n) is 6.85. The molecule has 0 radical (unpaired) electrons. The molecule has 3 heterocycles. The lowest BCUT2D eigenvalue weighted by molar-refractivity contribution is -0.122. The highest BCUT2D eigenvalue weighted by Gasteiger charge is 2.27. The van der Waals surface area contributed by atoms with Gasteiger partial charge in [0.1, 0.15) is 12.2 Å². The zero-order chi connectivity index (χ0) is 22.0. The number of halogens is 4. The number of nitrogens with one attached hydrogen (secondary N) is 2. The van der Waals surface area contributed by atoms with Crippen LogP contribution in [-0.2, 0) is 0 Å². The first-order valence-corrected chi connectivity index (χ1v) is 9.28. The van der Waals surface area contributed by atoms with Crippen molar-refractivity contribution in [2.75, 3.05) is 11.9 Å². The average Bonchev–Trinajstić information content (AvgIpc) is 3.16. The molecule has 0 unspecified atom stereocenters. The molecule has 11 heteroatoms. The van der Waals surface area contributed by atoms with E-state index >= 15 is 0 Å². The van der Waals surface area contributed by atoms with Gasteiger partial charge in [-0.1, -0.05) is 12.1 Å². The van der Waals surface area contributed by atoms with E-state index in [0.29, 0.717) is 11.3 Å². The molecule has 0 bridgehead atoms. The van der Waals surface area contributed by atoms with Crippen LogP contribution in [0.3, 0.4) is 0 Å². The van der Waals surface area contributed by atoms with E-state index < -0.39 is 18.8 Å². The van der Waals surface area contributed by atoms with Crippen LogP contribution in [0, 0.1) is 6.92 Å². The van der Waals surface area contributed by atoms with Gasteiger partial charge in [0.25, 0.3) is 0 Å². The maximum Gasteiger partial charge on any atom is 0.405 e. The Morgan fingerprint density at radius 2 is 1.88 bits per heavy atom. The molecule has 7 nitrogen and oxygen atoms in total. The first-order valence-electron chi connectivity index (χ1n) is 9.28. The molecule has 166 valence electrons. The van der Waals surface area contributed by atoms with Crippen molar-refractivity contribution in [3.63, 3.8) is 0 Å². The molecule has 4 aromatic rings. The SMILES string of the molecule is Cc1ccc(-c2ccn3c(-c4cccc(NC(=O)NCC(F)(F)F)c4)cnc3c2)nn1.Cl. The van der Waals surface area contributed by atoms with Crippen molar-refractivity contribution in [3.05, 3.63) is 66.6 Å². The number of carbonyl (C=O) groups is 1. The number of alkyl halides is 3. The predicted molar refractivity (Wildman–Crippen MR) is 117 cm³/mol. The molecule has 2 N–H and O–H groups in total. The third-order valence-corrected chi connectivity index (χ3v) is 4.47. The number of fused-ring (bicyclic) bond motifs is 1. The van der Waals surface area contributed by atoms with Gasteiger partial charge < -0.3 is 10.6 Å². The number of benzene rings is 1. The molecular formula is C21H18ClF3N6O. The molecule has 0 aliphatic carbocycles. The summed E-state index contributed by atoms with van der Waals surface area (Å²) in [6.45, 7) is 0.462. The van der Waals surface area contributed by atoms with Crippen LogP contribution in [-0.4, -0.2) is 38.3 Å². The van der Waals surface area contributed by atoms with E-state index in [2.05, 4.69) is 20.5 Å². The standard InChI is InChI=1S/C21H17F3N6O.ClH/c1-13-5-6-17(29-28-13)14-7-8-30-18(11-25-19(30)10-14)15-3-2-4-16(9-15)27-20(31)26-12-21(22,23)24;/h2-11H,12H2,1H3,(H2,26,27,31);1H. The zero-order valence-corrected chi connectivity index (χ0v) is 17.5. The van der Waals surface area contributed by atoms with Crippen LogP contribution in [0.4, 0.5) is 23.7 Å². The number of anilines is 1. The highest BCUT2D eigenvalue weighted by molar-refractivity contribution is 5.90. The van der Waals surface area contributed by atoms with Gasteiger partial charge >= 0.3 is 12.2 Å². The second-order valence-corrected chi connectivity index (χ2v) is 6.85. The fourth-order valence-corrected chi connectivity index (χ4v) is 3.02. The minimum Gasteiger partial charge on any atom is -0.329 e. The summed E-state index contributed by atoms with van der Waals surface area (Å²) < 4.78 is 38.6. The summed E-state index contributed by atoms with van der Waals surface area (Å²) in [5, 5.41) is 12.4. The summed E-state index contributed by atoms with van der Waals surface area (Å²) in [6.07, 6.45) is -0.938. The predicted octanol–water partition coefficient (Wildman–Crippen LogP) is 4.87. The van der Waals surface area contributed by atoms with Crippen LogP contribution < -0.4 is 10.6 Å². The van der Waals surface area contributed by atoms with E-state index in [1.54, 1.807) is 29.7 Å². The number of carbonyl (C=O) groups excluding carboxylic acids is 1. The lowest BCUT2D eigenvalue weighted by Gasteiger charge is -2.11. The number of nitrogens with zero attached hydrogens (tertiary/aromatic N) is 4. The van der Waals surface area contributed by atoms with Gasteiger partial charge in [0.15, 0.2) is 0 Å². The van der Waals surface area contributed by atoms with Gasteiger partial charge in [-0.3, -0.25) is 4.40 Å². The van der Waals surface area contributed by atoms with Gasteiger partial charge in [-0.2, -0.15) is 23.4 Å². The first-order chi connectivity index (χ1) is 14.8. The van der Waals surface area contributed by atoms with Crippen molar-refractivity contribution in [1.29, 1.82) is 0 Å². The average molecular weight is 463 g/mol. The van der Waals surface area contributed by atoms with E-state index in [-0.39, 0.29) is 12.4 Å². The van der Waals surface area contributed by atoms with Crippen molar-refractivity contribution < 1.29 is 18.0 Å². The number of rotatable bonds is 4. The molecule has 3 aromatic heterocycles. The van der Waals surface area contributed by atoms with Crippen LogP contribution in [0.25, 0.3) is 28.2 Å². The fraction of sp³-hybridized carbons (Fsp3) is 0.143. The molecule has 32 heavy (non-hydrogen) atoms. The molecule has 1 aromatic carbocycles. The Labute approximate surface area is 187 Å². The summed E-state index contributed by atoms with van der Waals surface area (Å²) in [5.74, 6) is 0. The summed E-state index contributed by atoms with van der Waals surface area (Å²) in [6, 6.07) is 13.4. The van der Waals surface area contributed by atoms with Crippen LogP contribution in [0.15, 0.2) is 60.9 Å². The molecule has 0 fully saturated rings. The lowest BCUT2D eigenvalue weighted by atomic mass is 10.1. The number of aromatic nitrogens is 4. The molecule has 0 atom stereocenters. The van der Waals surface area contributed by atoms with Gasteiger partial charge in [0.05, 0.1) is 23.3 Å². The quantitative estimate of drug-likeness (QED) is 0.453. The molecule has 0 spiro atoms. The van der Waals surface area contributed by atoms with Gasteiger partial charge in [-0.25, -0.2) is 9.78 Å². The van der Waals surface area contributed by atoms with E-state index in [1.807, 2.05) is 47.9 Å². The van der Waals surface area contributed by atoms with Gasteiger partial charge in [0.2, 0.25) is 0 Å². The third kappa shape index (κ3) is 5.33. The molecule has 0 saturated heterocycles. The maximum atomic E-state index is 12.2. The number of hydrogen-bond acceptors (Lipinski definition) is 4. The monoisotopic (exact) mass is 462 g/mol. The fourth-order valence-electron chi connectivity index (χ4n) is 3.02. The molecule has 4 rings (SSSR count). The highest BCUT2D eigenvalue weighted by atomic mass is 35.5. The van der Waals surface area contributed by atoms with Crippen molar-refractivity contribution in [2.24, 2.45) is 0 Å². The second kappa shape index (κ2) is 9.23. The minimum atomic E-state index is -4.47. The summed E-state index contributed by atoms with van der Waals surface area (Å²) in [4.78, 5) is 16.1. The Bertz CT molecular complexity index is 1240. The van der Waals surface area contributed by atoms with Crippen molar-refractivity contribution in [2.45, 2.75) is 13.1 Å². The number of imidazole rings is 1. The van der Waals surface area contributed by atoms with Crippen LogP contribution in [0.5, 0.6) is 0 Å². The van der Waals surface area contributed by atoms with E-state index in [1.165, 1.54) is 0 Å². The highest BCUT2D eigenvalue weighted by Crippen LogP contribution is 2.26. The Hall–Kier alpha value is -3.66. The van der Waals surface area contributed by atoms with Crippen LogP contribution >= 0.6 is 12.4 Å². The van der Waals surface area contributed by atoms with Crippen molar-refractivity contribution in [1.82, 2.24) is 24.9 Å². The molecule has 2 amide bonds. The van der Waals surface area contributed by atoms with Gasteiger partial charge in [0, 0.05) is 23.0 Å². The Morgan fingerprint density at radius 3 is 2.59 bits per heavy atom. The van der Waals surface area contributed by atoms with E-state index in [9.17, 15) is 18.0 Å². The van der Waals surface area contributed by atoms with Crippen molar-refractivity contribution in [3.8, 4) is 22.5 Å². The Balaban J connectivity index is 0.00000289. The minimum absolute atomic E-state index is 0. The first kappa shape index (κ1) is 23.0. The third-order valence-electron chi connectivity index (χ3n) is 4.47. The molecule has 0 aliphatic heterocycles. The number of urea groups is 1. The maximum absolute atomic E-state index is 12.2. The largest absolute Gasteiger partial charge is 0.405 e. The number of hydrogen-bond donors (Lipinski definition) is 2. The number of amides is 2. The van der Waals surface area contributed by atoms with Crippen molar-refractivity contribution >= 4 is 29.8 Å². The molecule has 0 saturated carbocycles. The lowest BCUT2D eigenvalue weighted by Crippen LogP contribution is -2.36. The Kier molecular flexibility index (Phi) is 6.64. The van der Waals surface area contributed by atoms with E-state index in [0.717, 1.165) is 28.2 Å². The van der Waals surface area contributed by atoms with Gasteiger partial charge in [-0.05, 0) is 43.3 Å². The van der Waals surface area contributed by atoms with Gasteiger partial charge in [-0.15, -0.1) is 12.4 Å². The summed E-state index contributed by atoms with van der Waals surface area (Å²) in [7, 11) is 0. The molecule has 0 aliphatic rings. The molecular weight excluding hydrogens is 445 g/mol. The number of aryl methyl sites for hydroxylation is 1. The van der Waals surface area contributed by atoms with Crippen LogP contribution in [0.1, 0.15) is 5.69 Å².